The third kappa shape index (κ3) is 3.03. The standard InChI is InChI=1S/C13H17NO/c1-4-13(14-9-15)12-7-5-6-11(8-12)10(2)3/h5-8,10,13H,4H2,1-3H3. The van der Waals surface area contributed by atoms with Gasteiger partial charge in [0, 0.05) is 0 Å². The van der Waals surface area contributed by atoms with Gasteiger partial charge in [-0.2, -0.15) is 4.99 Å². The molecular weight excluding hydrogens is 186 g/mol. The van der Waals surface area contributed by atoms with E-state index in [1.165, 1.54) is 5.56 Å². The summed E-state index contributed by atoms with van der Waals surface area (Å²) in [5, 5.41) is 0. The van der Waals surface area contributed by atoms with Crippen LogP contribution in [-0.4, -0.2) is 6.08 Å². The van der Waals surface area contributed by atoms with Crippen molar-refractivity contribution in [3.63, 3.8) is 0 Å². The summed E-state index contributed by atoms with van der Waals surface area (Å²) in [7, 11) is 0. The van der Waals surface area contributed by atoms with Crippen LogP contribution in [0, 0.1) is 0 Å². The number of carbonyl (C=O) groups excluding carboxylic acids is 1. The molecule has 0 aliphatic heterocycles. The number of aliphatic imine (C=N–C) groups is 1. The second-order valence-corrected chi connectivity index (χ2v) is 3.97. The number of benzene rings is 1. The van der Waals surface area contributed by atoms with Crippen LogP contribution in [0.2, 0.25) is 0 Å². The Morgan fingerprint density at radius 3 is 2.53 bits per heavy atom. The molecule has 0 bridgehead atoms. The molecule has 80 valence electrons. The first-order chi connectivity index (χ1) is 7.19. The van der Waals surface area contributed by atoms with E-state index in [-0.39, 0.29) is 6.04 Å². The van der Waals surface area contributed by atoms with Crippen molar-refractivity contribution in [3.05, 3.63) is 35.4 Å². The Kier molecular flexibility index (Phi) is 4.26. The minimum Gasteiger partial charge on any atom is -0.211 e. The molecule has 0 saturated carbocycles. The van der Waals surface area contributed by atoms with Crippen LogP contribution < -0.4 is 0 Å². The van der Waals surface area contributed by atoms with Gasteiger partial charge >= 0.3 is 0 Å². The number of rotatable bonds is 4. The second-order valence-electron chi connectivity index (χ2n) is 3.97. The van der Waals surface area contributed by atoms with Crippen molar-refractivity contribution in [2.75, 3.05) is 0 Å². The predicted molar refractivity (Wildman–Crippen MR) is 61.7 cm³/mol. The Hall–Kier alpha value is -1.40. The zero-order valence-electron chi connectivity index (χ0n) is 9.53. The topological polar surface area (TPSA) is 29.4 Å². The first kappa shape index (κ1) is 11.7. The lowest BCUT2D eigenvalue weighted by atomic mass is 9.97. The van der Waals surface area contributed by atoms with Crippen molar-refractivity contribution >= 4 is 6.08 Å². The highest BCUT2D eigenvalue weighted by molar-refractivity contribution is 5.36. The summed E-state index contributed by atoms with van der Waals surface area (Å²) in [6.45, 7) is 6.33. The lowest BCUT2D eigenvalue weighted by molar-refractivity contribution is 0.555. The summed E-state index contributed by atoms with van der Waals surface area (Å²) < 4.78 is 0. The molecule has 0 heterocycles. The molecule has 1 aromatic rings. The van der Waals surface area contributed by atoms with Crippen molar-refractivity contribution in [2.24, 2.45) is 4.99 Å². The monoisotopic (exact) mass is 203 g/mol. The van der Waals surface area contributed by atoms with Gasteiger partial charge in [0.1, 0.15) is 0 Å². The maximum absolute atomic E-state index is 10.3. The van der Waals surface area contributed by atoms with Crippen LogP contribution in [-0.2, 0) is 4.79 Å². The van der Waals surface area contributed by atoms with Crippen LogP contribution in [0.25, 0.3) is 0 Å². The maximum atomic E-state index is 10.3. The van der Waals surface area contributed by atoms with Crippen molar-refractivity contribution in [3.8, 4) is 0 Å². The first-order valence-corrected chi connectivity index (χ1v) is 5.35. The van der Waals surface area contributed by atoms with Crippen molar-refractivity contribution < 1.29 is 4.79 Å². The average molecular weight is 203 g/mol. The van der Waals surface area contributed by atoms with Crippen molar-refractivity contribution in [2.45, 2.75) is 39.2 Å². The lowest BCUT2D eigenvalue weighted by Crippen LogP contribution is -1.96. The maximum Gasteiger partial charge on any atom is 0.235 e. The minimum atomic E-state index is -0.0406. The number of isocyanates is 1. The molecule has 0 aliphatic carbocycles. The van der Waals surface area contributed by atoms with E-state index in [0.717, 1.165) is 12.0 Å². The van der Waals surface area contributed by atoms with Gasteiger partial charge in [0.2, 0.25) is 6.08 Å². The zero-order valence-corrected chi connectivity index (χ0v) is 9.53. The van der Waals surface area contributed by atoms with Gasteiger partial charge in [-0.15, -0.1) is 0 Å². The van der Waals surface area contributed by atoms with Gasteiger partial charge in [-0.3, -0.25) is 0 Å². The molecule has 2 heteroatoms. The molecule has 2 nitrogen and oxygen atoms in total. The number of hydrogen-bond acceptors (Lipinski definition) is 2. The second kappa shape index (κ2) is 5.47. The SMILES string of the molecule is CCC(N=C=O)c1cccc(C(C)C)c1. The third-order valence-corrected chi connectivity index (χ3v) is 2.56. The number of hydrogen-bond donors (Lipinski definition) is 0. The molecule has 0 radical (unpaired) electrons. The van der Waals surface area contributed by atoms with E-state index < -0.39 is 0 Å². The molecule has 0 aliphatic rings. The van der Waals surface area contributed by atoms with E-state index in [2.05, 4.69) is 31.0 Å². The molecule has 0 fully saturated rings. The van der Waals surface area contributed by atoms with Crippen molar-refractivity contribution in [1.82, 2.24) is 0 Å². The molecule has 15 heavy (non-hydrogen) atoms. The Morgan fingerprint density at radius 2 is 2.00 bits per heavy atom. The summed E-state index contributed by atoms with van der Waals surface area (Å²) in [4.78, 5) is 14.1. The van der Waals surface area contributed by atoms with Gasteiger partial charge in [0.05, 0.1) is 6.04 Å². The van der Waals surface area contributed by atoms with E-state index in [4.69, 9.17) is 0 Å². The Labute approximate surface area is 91.0 Å². The fourth-order valence-corrected chi connectivity index (χ4v) is 1.59. The molecule has 1 aromatic carbocycles. The molecule has 0 amide bonds. The van der Waals surface area contributed by atoms with Crippen LogP contribution >= 0.6 is 0 Å². The summed E-state index contributed by atoms with van der Waals surface area (Å²) in [5.74, 6) is 0.502. The van der Waals surface area contributed by atoms with Crippen LogP contribution in [0.15, 0.2) is 29.3 Å². The Bertz CT molecular complexity index is 365. The van der Waals surface area contributed by atoms with E-state index in [0.29, 0.717) is 5.92 Å². The summed E-state index contributed by atoms with van der Waals surface area (Å²) >= 11 is 0. The number of nitrogens with zero attached hydrogens (tertiary/aromatic N) is 1. The summed E-state index contributed by atoms with van der Waals surface area (Å²) in [6, 6.07) is 8.22. The largest absolute Gasteiger partial charge is 0.235 e. The summed E-state index contributed by atoms with van der Waals surface area (Å²) in [5.41, 5.74) is 2.39. The van der Waals surface area contributed by atoms with Crippen molar-refractivity contribution in [1.29, 1.82) is 0 Å². The Balaban J connectivity index is 3.02. The van der Waals surface area contributed by atoms with E-state index >= 15 is 0 Å². The molecule has 1 atom stereocenters. The van der Waals surface area contributed by atoms with E-state index in [1.54, 1.807) is 6.08 Å². The van der Waals surface area contributed by atoms with Gasteiger partial charge in [0.25, 0.3) is 0 Å². The van der Waals surface area contributed by atoms with E-state index in [1.807, 2.05) is 19.1 Å². The minimum absolute atomic E-state index is 0.0406. The highest BCUT2D eigenvalue weighted by Crippen LogP contribution is 2.24. The molecule has 0 spiro atoms. The molecular formula is C13H17NO. The molecule has 1 rings (SSSR count). The molecule has 0 N–H and O–H groups in total. The lowest BCUT2D eigenvalue weighted by Gasteiger charge is -2.11. The van der Waals surface area contributed by atoms with Crippen LogP contribution in [0.1, 0.15) is 50.3 Å². The van der Waals surface area contributed by atoms with Crippen LogP contribution in [0.5, 0.6) is 0 Å². The smallest absolute Gasteiger partial charge is 0.211 e. The normalized spacial score (nSPS) is 12.3. The fraction of sp³-hybridized carbons (Fsp3) is 0.462. The van der Waals surface area contributed by atoms with Gasteiger partial charge in [-0.25, -0.2) is 4.79 Å². The van der Waals surface area contributed by atoms with Gasteiger partial charge in [0.15, 0.2) is 0 Å². The molecule has 0 aromatic heterocycles. The third-order valence-electron chi connectivity index (χ3n) is 2.56. The van der Waals surface area contributed by atoms with Gasteiger partial charge in [-0.05, 0) is 23.5 Å². The highest BCUT2D eigenvalue weighted by Gasteiger charge is 2.08. The average Bonchev–Trinajstić information content (AvgIpc) is 2.26. The molecule has 1 unspecified atom stereocenters. The van der Waals surface area contributed by atoms with E-state index in [9.17, 15) is 4.79 Å². The predicted octanol–water partition coefficient (Wildman–Crippen LogP) is 3.60. The fourth-order valence-electron chi connectivity index (χ4n) is 1.59. The highest BCUT2D eigenvalue weighted by atomic mass is 16.1. The molecule has 0 saturated heterocycles. The Morgan fingerprint density at radius 1 is 1.33 bits per heavy atom. The zero-order chi connectivity index (χ0) is 11.3. The van der Waals surface area contributed by atoms with Gasteiger partial charge < -0.3 is 0 Å². The van der Waals surface area contributed by atoms with Gasteiger partial charge in [-0.1, -0.05) is 45.0 Å². The van der Waals surface area contributed by atoms with Crippen LogP contribution in [0.4, 0.5) is 0 Å². The van der Waals surface area contributed by atoms with Crippen LogP contribution in [0.3, 0.4) is 0 Å². The first-order valence-electron chi connectivity index (χ1n) is 5.35. The quantitative estimate of drug-likeness (QED) is 0.543. The summed E-state index contributed by atoms with van der Waals surface area (Å²) in [6.07, 6.45) is 2.47.